The monoisotopic (exact) mass is 269 g/mol. The van der Waals surface area contributed by atoms with Gasteiger partial charge in [-0.05, 0) is 18.2 Å². The highest BCUT2D eigenvalue weighted by Gasteiger charge is 2.06. The van der Waals surface area contributed by atoms with Crippen LogP contribution in [0.4, 0.5) is 11.4 Å². The molecular weight excluding hydrogens is 254 g/mol. The Balaban J connectivity index is 2.73. The predicted molar refractivity (Wildman–Crippen MR) is 72.7 cm³/mol. The van der Waals surface area contributed by atoms with E-state index < -0.39 is 0 Å². The van der Waals surface area contributed by atoms with Crippen LogP contribution in [0.15, 0.2) is 18.2 Å². The zero-order valence-corrected chi connectivity index (χ0v) is 10.9. The van der Waals surface area contributed by atoms with Crippen LogP contribution in [-0.4, -0.2) is 18.4 Å². The van der Waals surface area contributed by atoms with Crippen LogP contribution in [0, 0.1) is 0 Å². The number of halogens is 1. The minimum absolute atomic E-state index is 0.114. The highest BCUT2D eigenvalue weighted by Crippen LogP contribution is 2.25. The number of nitrogens with one attached hydrogen (secondary N) is 2. The molecule has 5 nitrogen and oxygen atoms in total. The number of hydrogen-bond donors (Lipinski definition) is 3. The van der Waals surface area contributed by atoms with Crippen molar-refractivity contribution in [2.45, 2.75) is 19.8 Å². The highest BCUT2D eigenvalue weighted by atomic mass is 35.5. The lowest BCUT2D eigenvalue weighted by Crippen LogP contribution is -2.16. The minimum Gasteiger partial charge on any atom is -0.330 e. The summed E-state index contributed by atoms with van der Waals surface area (Å²) >= 11 is 6.00. The lowest BCUT2D eigenvalue weighted by molar-refractivity contribution is -0.116. The number of carbonyl (C=O) groups is 2. The Morgan fingerprint density at radius 3 is 2.56 bits per heavy atom. The van der Waals surface area contributed by atoms with Gasteiger partial charge in [0.05, 0.1) is 10.7 Å². The first-order chi connectivity index (χ1) is 8.56. The fourth-order valence-electron chi connectivity index (χ4n) is 1.29. The maximum absolute atomic E-state index is 11.3. The summed E-state index contributed by atoms with van der Waals surface area (Å²) in [5, 5.41) is 5.70. The largest absolute Gasteiger partial charge is 0.330 e. The number of rotatable bonds is 5. The van der Waals surface area contributed by atoms with E-state index in [1.165, 1.54) is 0 Å². The molecule has 1 aromatic rings. The SMILES string of the molecule is CCC(=O)Nc1ccc(NC(=O)CCN)cc1Cl. The van der Waals surface area contributed by atoms with E-state index in [4.69, 9.17) is 17.3 Å². The normalized spacial score (nSPS) is 9.94. The fraction of sp³-hybridized carbons (Fsp3) is 0.333. The molecule has 1 aromatic carbocycles. The Labute approximate surface area is 111 Å². The second-order valence-electron chi connectivity index (χ2n) is 3.68. The summed E-state index contributed by atoms with van der Waals surface area (Å²) in [5.74, 6) is -0.282. The first-order valence-electron chi connectivity index (χ1n) is 5.66. The molecule has 0 aliphatic rings. The molecule has 4 N–H and O–H groups in total. The Kier molecular flexibility index (Phi) is 5.61. The lowest BCUT2D eigenvalue weighted by atomic mass is 10.2. The van der Waals surface area contributed by atoms with E-state index in [2.05, 4.69) is 10.6 Å². The number of hydrogen-bond acceptors (Lipinski definition) is 3. The first-order valence-corrected chi connectivity index (χ1v) is 6.04. The third-order valence-electron chi connectivity index (χ3n) is 2.22. The van der Waals surface area contributed by atoms with E-state index in [0.717, 1.165) is 0 Å². The second-order valence-corrected chi connectivity index (χ2v) is 4.09. The molecule has 0 atom stereocenters. The molecule has 0 saturated carbocycles. The standard InChI is InChI=1S/C12H16ClN3O2/c1-2-11(17)16-10-4-3-8(7-9(10)13)15-12(18)5-6-14/h3-4,7H,2,5-6,14H2,1H3,(H,15,18)(H,16,17). The maximum Gasteiger partial charge on any atom is 0.225 e. The molecule has 0 aliphatic carbocycles. The predicted octanol–water partition coefficient (Wildman–Crippen LogP) is 1.98. The molecule has 1 rings (SSSR count). The van der Waals surface area contributed by atoms with Gasteiger partial charge in [-0.3, -0.25) is 9.59 Å². The highest BCUT2D eigenvalue weighted by molar-refractivity contribution is 6.34. The molecule has 0 heterocycles. The number of nitrogens with two attached hydrogens (primary N) is 1. The van der Waals surface area contributed by atoms with Gasteiger partial charge < -0.3 is 16.4 Å². The third kappa shape index (κ3) is 4.35. The fourth-order valence-corrected chi connectivity index (χ4v) is 1.52. The van der Waals surface area contributed by atoms with Crippen molar-refractivity contribution in [3.63, 3.8) is 0 Å². The van der Waals surface area contributed by atoms with Gasteiger partial charge >= 0.3 is 0 Å². The van der Waals surface area contributed by atoms with Crippen molar-refractivity contribution >= 4 is 34.8 Å². The Morgan fingerprint density at radius 1 is 1.28 bits per heavy atom. The zero-order chi connectivity index (χ0) is 13.5. The Morgan fingerprint density at radius 2 is 2.00 bits per heavy atom. The van der Waals surface area contributed by atoms with E-state index in [1.54, 1.807) is 25.1 Å². The Hall–Kier alpha value is -1.59. The molecule has 0 fully saturated rings. The average Bonchev–Trinajstić information content (AvgIpc) is 2.32. The summed E-state index contributed by atoms with van der Waals surface area (Å²) in [5.41, 5.74) is 6.38. The van der Waals surface area contributed by atoms with E-state index in [9.17, 15) is 9.59 Å². The van der Waals surface area contributed by atoms with Crippen LogP contribution < -0.4 is 16.4 Å². The van der Waals surface area contributed by atoms with Gasteiger partial charge in [0.25, 0.3) is 0 Å². The molecule has 0 aromatic heterocycles. The van der Waals surface area contributed by atoms with Crippen LogP contribution in [-0.2, 0) is 9.59 Å². The summed E-state index contributed by atoms with van der Waals surface area (Å²) in [6, 6.07) is 4.90. The molecule has 0 saturated heterocycles. The molecule has 0 aliphatic heterocycles. The Bertz CT molecular complexity index is 449. The van der Waals surface area contributed by atoms with Gasteiger partial charge in [-0.2, -0.15) is 0 Å². The maximum atomic E-state index is 11.3. The number of benzene rings is 1. The van der Waals surface area contributed by atoms with Crippen molar-refractivity contribution in [1.29, 1.82) is 0 Å². The first kappa shape index (κ1) is 14.5. The number of amides is 2. The second kappa shape index (κ2) is 6.98. The number of carbonyl (C=O) groups excluding carboxylic acids is 2. The van der Waals surface area contributed by atoms with Crippen molar-refractivity contribution < 1.29 is 9.59 Å². The molecular formula is C12H16ClN3O2. The van der Waals surface area contributed by atoms with Crippen LogP contribution in [0.25, 0.3) is 0 Å². The van der Waals surface area contributed by atoms with Gasteiger partial charge in [0.2, 0.25) is 11.8 Å². The topological polar surface area (TPSA) is 84.2 Å². The van der Waals surface area contributed by atoms with Crippen LogP contribution >= 0.6 is 11.6 Å². The quantitative estimate of drug-likeness (QED) is 0.764. The average molecular weight is 270 g/mol. The summed E-state index contributed by atoms with van der Waals surface area (Å²) in [6.45, 7) is 2.05. The zero-order valence-electron chi connectivity index (χ0n) is 10.1. The number of anilines is 2. The summed E-state index contributed by atoms with van der Waals surface area (Å²) in [7, 11) is 0. The van der Waals surface area contributed by atoms with Crippen LogP contribution in [0.5, 0.6) is 0 Å². The van der Waals surface area contributed by atoms with Gasteiger partial charge in [-0.15, -0.1) is 0 Å². The lowest BCUT2D eigenvalue weighted by Gasteiger charge is -2.09. The van der Waals surface area contributed by atoms with Crippen LogP contribution in [0.3, 0.4) is 0 Å². The molecule has 0 radical (unpaired) electrons. The van der Waals surface area contributed by atoms with Gasteiger partial charge in [-0.1, -0.05) is 18.5 Å². The smallest absolute Gasteiger partial charge is 0.225 e. The minimum atomic E-state index is -0.168. The van der Waals surface area contributed by atoms with E-state index in [0.29, 0.717) is 29.4 Å². The van der Waals surface area contributed by atoms with Crippen molar-refractivity contribution in [3.05, 3.63) is 23.2 Å². The molecule has 0 unspecified atom stereocenters. The van der Waals surface area contributed by atoms with Gasteiger partial charge in [0.1, 0.15) is 0 Å². The summed E-state index contributed by atoms with van der Waals surface area (Å²) < 4.78 is 0. The third-order valence-corrected chi connectivity index (χ3v) is 2.53. The van der Waals surface area contributed by atoms with Gasteiger partial charge in [0.15, 0.2) is 0 Å². The van der Waals surface area contributed by atoms with Crippen LogP contribution in [0.2, 0.25) is 5.02 Å². The molecule has 0 spiro atoms. The molecule has 6 heteroatoms. The van der Waals surface area contributed by atoms with Crippen molar-refractivity contribution in [3.8, 4) is 0 Å². The molecule has 98 valence electrons. The molecule has 0 bridgehead atoms. The van der Waals surface area contributed by atoms with Crippen molar-refractivity contribution in [2.24, 2.45) is 5.73 Å². The van der Waals surface area contributed by atoms with Gasteiger partial charge in [0, 0.05) is 25.1 Å². The van der Waals surface area contributed by atoms with Crippen molar-refractivity contribution in [2.75, 3.05) is 17.2 Å². The van der Waals surface area contributed by atoms with Crippen molar-refractivity contribution in [1.82, 2.24) is 0 Å². The van der Waals surface area contributed by atoms with E-state index in [1.807, 2.05) is 0 Å². The summed E-state index contributed by atoms with van der Waals surface area (Å²) in [4.78, 5) is 22.6. The molecule has 2 amide bonds. The summed E-state index contributed by atoms with van der Waals surface area (Å²) in [6.07, 6.45) is 0.636. The molecule has 18 heavy (non-hydrogen) atoms. The van der Waals surface area contributed by atoms with Crippen LogP contribution in [0.1, 0.15) is 19.8 Å². The van der Waals surface area contributed by atoms with E-state index in [-0.39, 0.29) is 18.2 Å². The van der Waals surface area contributed by atoms with E-state index >= 15 is 0 Å². The van der Waals surface area contributed by atoms with Gasteiger partial charge in [-0.25, -0.2) is 0 Å².